The van der Waals surface area contributed by atoms with E-state index >= 15 is 0 Å². The molecule has 0 radical (unpaired) electrons. The summed E-state index contributed by atoms with van der Waals surface area (Å²) >= 11 is 1.43. The zero-order valence-corrected chi connectivity index (χ0v) is 15.1. The molecule has 3 aliphatic rings. The van der Waals surface area contributed by atoms with Crippen molar-refractivity contribution in [3.05, 3.63) is 17.8 Å². The van der Waals surface area contributed by atoms with Crippen LogP contribution in [-0.4, -0.2) is 35.2 Å². The highest BCUT2D eigenvalue weighted by atomic mass is 32.2. The number of aliphatic hydroxyl groups is 1. The van der Waals surface area contributed by atoms with Crippen LogP contribution in [0.2, 0.25) is 0 Å². The summed E-state index contributed by atoms with van der Waals surface area (Å²) in [7, 11) is 1.91. The Morgan fingerprint density at radius 3 is 2.62 bits per heavy atom. The van der Waals surface area contributed by atoms with Gasteiger partial charge in [0.2, 0.25) is 0 Å². The number of rotatable bonds is 4. The second kappa shape index (κ2) is 4.97. The van der Waals surface area contributed by atoms with Gasteiger partial charge in [0, 0.05) is 37.5 Å². The Hall–Kier alpha value is -1.08. The van der Waals surface area contributed by atoms with Crippen molar-refractivity contribution in [2.45, 2.75) is 44.6 Å². The van der Waals surface area contributed by atoms with Crippen LogP contribution < -0.4 is 8.61 Å². The van der Waals surface area contributed by atoms with Crippen LogP contribution in [0.5, 0.6) is 0 Å². The molecular weight excluding hydrogens is 332 g/mol. The molecule has 0 bridgehead atoms. The van der Waals surface area contributed by atoms with Crippen molar-refractivity contribution in [3.8, 4) is 0 Å². The second-order valence-corrected chi connectivity index (χ2v) is 9.10. The zero-order valence-electron chi connectivity index (χ0n) is 14.3. The predicted molar refractivity (Wildman–Crippen MR) is 92.3 cm³/mol. The van der Waals surface area contributed by atoms with E-state index in [1.54, 1.807) is 0 Å². The molecule has 24 heavy (non-hydrogen) atoms. The van der Waals surface area contributed by atoms with Gasteiger partial charge in [0.1, 0.15) is 0 Å². The van der Waals surface area contributed by atoms with E-state index in [4.69, 9.17) is 4.98 Å². The van der Waals surface area contributed by atoms with Crippen molar-refractivity contribution >= 4 is 23.6 Å². The first-order chi connectivity index (χ1) is 11.1. The topological polar surface area (TPSA) is 39.6 Å². The van der Waals surface area contributed by atoms with Crippen molar-refractivity contribution in [2.24, 2.45) is 17.8 Å². The molecule has 4 atom stereocenters. The van der Waals surface area contributed by atoms with Crippen LogP contribution in [0.4, 0.5) is 20.3 Å². The summed E-state index contributed by atoms with van der Waals surface area (Å²) in [6, 6.07) is 3.98. The molecule has 2 saturated carbocycles. The molecule has 0 aromatic carbocycles. The van der Waals surface area contributed by atoms with Gasteiger partial charge in [-0.3, -0.25) is 8.61 Å². The first-order valence-corrected chi connectivity index (χ1v) is 9.13. The second-order valence-electron chi connectivity index (χ2n) is 7.95. The van der Waals surface area contributed by atoms with Crippen molar-refractivity contribution in [2.75, 3.05) is 22.2 Å². The number of hydrogen-bond acceptors (Lipinski definition) is 5. The average Bonchev–Trinajstić information content (AvgIpc) is 3.27. The lowest BCUT2D eigenvalue weighted by Crippen LogP contribution is -2.23. The first-order valence-electron chi connectivity index (χ1n) is 8.40. The van der Waals surface area contributed by atoms with Crippen molar-refractivity contribution < 1.29 is 13.9 Å². The van der Waals surface area contributed by atoms with Crippen LogP contribution in [-0.2, 0) is 0 Å². The fourth-order valence-electron chi connectivity index (χ4n) is 4.10. The van der Waals surface area contributed by atoms with Crippen molar-refractivity contribution in [1.82, 2.24) is 4.98 Å². The van der Waals surface area contributed by atoms with Gasteiger partial charge in [0.25, 0.3) is 5.92 Å². The lowest BCUT2D eigenvalue weighted by atomic mass is 10.00. The summed E-state index contributed by atoms with van der Waals surface area (Å²) in [5.41, 5.74) is 1.18. The lowest BCUT2D eigenvalue weighted by molar-refractivity contribution is 0.0501. The molecule has 0 saturated heterocycles. The van der Waals surface area contributed by atoms with Crippen molar-refractivity contribution in [3.63, 3.8) is 0 Å². The first kappa shape index (κ1) is 16.4. The highest BCUT2D eigenvalue weighted by Crippen LogP contribution is 2.59. The van der Waals surface area contributed by atoms with Crippen LogP contribution in [0.25, 0.3) is 0 Å². The largest absolute Gasteiger partial charge is 0.390 e. The number of halogens is 2. The molecule has 2 aliphatic carbocycles. The zero-order chi connectivity index (χ0) is 17.4. The van der Waals surface area contributed by atoms with Gasteiger partial charge >= 0.3 is 0 Å². The predicted octanol–water partition coefficient (Wildman–Crippen LogP) is 3.68. The van der Waals surface area contributed by atoms with Gasteiger partial charge in [-0.1, -0.05) is 6.92 Å². The molecule has 4 nitrogen and oxygen atoms in total. The van der Waals surface area contributed by atoms with E-state index in [2.05, 4.69) is 6.92 Å². The molecule has 0 amide bonds. The fourth-order valence-corrected chi connectivity index (χ4v) is 5.08. The van der Waals surface area contributed by atoms with E-state index in [9.17, 15) is 13.9 Å². The van der Waals surface area contributed by atoms with E-state index < -0.39 is 17.4 Å². The quantitative estimate of drug-likeness (QED) is 0.835. The van der Waals surface area contributed by atoms with Gasteiger partial charge in [-0.15, -0.1) is 0 Å². The van der Waals surface area contributed by atoms with Crippen LogP contribution in [0.3, 0.4) is 0 Å². The molecule has 1 aromatic rings. The molecule has 1 N–H and O–H groups in total. The number of pyridine rings is 1. The van der Waals surface area contributed by atoms with Crippen LogP contribution in [0.15, 0.2) is 12.1 Å². The summed E-state index contributed by atoms with van der Waals surface area (Å²) in [4.78, 5) is 4.79. The van der Waals surface area contributed by atoms with Crippen molar-refractivity contribution in [1.29, 1.82) is 0 Å². The highest BCUT2D eigenvalue weighted by molar-refractivity contribution is 8.02. The number of alkyl halides is 2. The molecule has 0 spiro atoms. The van der Waals surface area contributed by atoms with E-state index in [1.165, 1.54) is 12.1 Å². The van der Waals surface area contributed by atoms with Crippen LogP contribution >= 0.6 is 12.1 Å². The molecular formula is C17H23F2N3OS. The standard InChI is InChI=1S/C17H23F2N3OS/c1-9-13(14(9)16(2,3)23)11-5-6-12-15(20-11)21(4)24-22(12)8-10-7-17(10,18)19/h5-6,9-10,13-14,23H,7-8H2,1-4H3. The van der Waals surface area contributed by atoms with Gasteiger partial charge in [0.05, 0.1) is 23.4 Å². The summed E-state index contributed by atoms with van der Waals surface area (Å²) < 4.78 is 30.3. The molecule has 4 unspecified atom stereocenters. The third-order valence-corrected chi connectivity index (χ3v) is 6.50. The Balaban J connectivity index is 1.55. The minimum Gasteiger partial charge on any atom is -0.390 e. The number of nitrogens with zero attached hydrogens (tertiary/aromatic N) is 3. The lowest BCUT2D eigenvalue weighted by Gasteiger charge is -2.17. The third-order valence-electron chi connectivity index (χ3n) is 5.54. The van der Waals surface area contributed by atoms with Gasteiger partial charge in [-0.25, -0.2) is 13.8 Å². The number of fused-ring (bicyclic) bond motifs is 1. The van der Waals surface area contributed by atoms with Gasteiger partial charge in [0.15, 0.2) is 5.82 Å². The molecule has 7 heteroatoms. The van der Waals surface area contributed by atoms with Crippen LogP contribution in [0, 0.1) is 17.8 Å². The van der Waals surface area contributed by atoms with Crippen LogP contribution in [0.1, 0.15) is 38.8 Å². The Kier molecular flexibility index (Phi) is 3.40. The third kappa shape index (κ3) is 2.56. The number of anilines is 2. The minimum atomic E-state index is -2.50. The van der Waals surface area contributed by atoms with Gasteiger partial charge < -0.3 is 5.11 Å². The summed E-state index contributed by atoms with van der Waals surface area (Å²) in [5.74, 6) is -1.35. The normalized spacial score (nSPS) is 33.6. The maximum Gasteiger partial charge on any atom is 0.253 e. The molecule has 2 heterocycles. The van der Waals surface area contributed by atoms with E-state index in [-0.39, 0.29) is 18.3 Å². The number of hydrogen-bond donors (Lipinski definition) is 1. The molecule has 2 fully saturated rings. The average molecular weight is 355 g/mol. The molecule has 4 rings (SSSR count). The smallest absolute Gasteiger partial charge is 0.253 e. The highest BCUT2D eigenvalue weighted by Gasteiger charge is 2.58. The Labute approximate surface area is 145 Å². The Bertz CT molecular complexity index is 678. The Morgan fingerprint density at radius 1 is 1.42 bits per heavy atom. The fraction of sp³-hybridized carbons (Fsp3) is 0.706. The maximum absolute atomic E-state index is 13.2. The summed E-state index contributed by atoms with van der Waals surface area (Å²) in [5, 5.41) is 10.3. The molecule has 132 valence electrons. The summed E-state index contributed by atoms with van der Waals surface area (Å²) in [6.45, 7) is 6.19. The monoisotopic (exact) mass is 355 g/mol. The number of aromatic nitrogens is 1. The Morgan fingerprint density at radius 2 is 2.08 bits per heavy atom. The van der Waals surface area contributed by atoms with E-state index in [0.29, 0.717) is 12.5 Å². The SMILES string of the molecule is CC1C(c2ccc3c(n2)N(C)SN3CC2CC2(F)F)C1C(C)(C)O. The van der Waals surface area contributed by atoms with Gasteiger partial charge in [-0.05, 0) is 37.8 Å². The minimum absolute atomic E-state index is 0.0124. The summed E-state index contributed by atoms with van der Waals surface area (Å²) in [6.07, 6.45) is -0.0124. The molecule has 1 aliphatic heterocycles. The van der Waals surface area contributed by atoms with Gasteiger partial charge in [-0.2, -0.15) is 0 Å². The van der Waals surface area contributed by atoms with E-state index in [1.807, 2.05) is 41.6 Å². The molecule has 1 aromatic heterocycles. The van der Waals surface area contributed by atoms with E-state index in [0.717, 1.165) is 17.2 Å². The maximum atomic E-state index is 13.2.